The second kappa shape index (κ2) is 3.43. The van der Waals surface area contributed by atoms with Gasteiger partial charge in [-0.1, -0.05) is 26.2 Å². The molecule has 1 aliphatic carbocycles. The molecule has 0 saturated heterocycles. The molecule has 0 unspecified atom stereocenters. The van der Waals surface area contributed by atoms with Crippen molar-refractivity contribution in [1.29, 1.82) is 0 Å². The molecule has 0 atom stereocenters. The van der Waals surface area contributed by atoms with E-state index in [0.29, 0.717) is 0 Å². The largest absolute Gasteiger partial charge is 0.361 e. The Hall–Kier alpha value is 0.0249. The topological polar surface area (TPSA) is 12.0 Å². The zero-order chi connectivity index (χ0) is 7.45. The standard InChI is InChI=1S/C8H16BN/c1-2-8(10-9)6-4-3-5-7-8/h10H,2-7H2,1H3. The van der Waals surface area contributed by atoms with Crippen LogP contribution in [0.1, 0.15) is 45.4 Å². The SMILES string of the molecule is [B]NC1(CC)CCCCC1. The molecule has 2 radical (unpaired) electrons. The van der Waals surface area contributed by atoms with Gasteiger partial charge in [-0.25, -0.2) is 0 Å². The third-order valence-electron chi connectivity index (χ3n) is 2.79. The Labute approximate surface area is 65.0 Å². The fraction of sp³-hybridized carbons (Fsp3) is 1.00. The molecule has 0 aromatic carbocycles. The highest BCUT2D eigenvalue weighted by molar-refractivity contribution is 6.04. The average Bonchev–Trinajstić information content (AvgIpc) is 2.06. The maximum atomic E-state index is 5.50. The van der Waals surface area contributed by atoms with Crippen LogP contribution in [0.4, 0.5) is 0 Å². The summed E-state index contributed by atoms with van der Waals surface area (Å²) in [6, 6.07) is 0. The van der Waals surface area contributed by atoms with E-state index in [0.717, 1.165) is 0 Å². The molecule has 0 spiro atoms. The molecule has 0 bridgehead atoms. The minimum absolute atomic E-state index is 0.290. The van der Waals surface area contributed by atoms with Crippen LogP contribution in [0.3, 0.4) is 0 Å². The Morgan fingerprint density at radius 2 is 1.90 bits per heavy atom. The van der Waals surface area contributed by atoms with Crippen molar-refractivity contribution in [1.82, 2.24) is 5.23 Å². The lowest BCUT2D eigenvalue weighted by molar-refractivity contribution is 0.263. The van der Waals surface area contributed by atoms with Crippen molar-refractivity contribution in [3.8, 4) is 0 Å². The molecule has 1 rings (SSSR count). The first-order chi connectivity index (χ1) is 4.83. The van der Waals surface area contributed by atoms with Crippen molar-refractivity contribution in [3.63, 3.8) is 0 Å². The summed E-state index contributed by atoms with van der Waals surface area (Å²) in [5.41, 5.74) is 0.290. The summed E-state index contributed by atoms with van der Waals surface area (Å²) >= 11 is 0. The fourth-order valence-electron chi connectivity index (χ4n) is 1.83. The van der Waals surface area contributed by atoms with Gasteiger partial charge >= 0.3 is 0 Å². The predicted molar refractivity (Wildman–Crippen MR) is 45.0 cm³/mol. The summed E-state index contributed by atoms with van der Waals surface area (Å²) in [5.74, 6) is 0. The molecule has 0 heterocycles. The van der Waals surface area contributed by atoms with Gasteiger partial charge in [0, 0.05) is 5.54 Å². The summed E-state index contributed by atoms with van der Waals surface area (Å²) in [6.45, 7) is 2.21. The summed E-state index contributed by atoms with van der Waals surface area (Å²) < 4.78 is 0. The van der Waals surface area contributed by atoms with Crippen molar-refractivity contribution < 1.29 is 0 Å². The lowest BCUT2D eigenvalue weighted by Gasteiger charge is -2.36. The Kier molecular flexibility index (Phi) is 2.78. The van der Waals surface area contributed by atoms with E-state index in [-0.39, 0.29) is 5.54 Å². The van der Waals surface area contributed by atoms with E-state index in [1.54, 1.807) is 0 Å². The zero-order valence-corrected chi connectivity index (χ0v) is 6.82. The van der Waals surface area contributed by atoms with Gasteiger partial charge in [-0.05, 0) is 19.3 Å². The first-order valence-corrected chi connectivity index (χ1v) is 4.31. The van der Waals surface area contributed by atoms with Gasteiger partial charge < -0.3 is 5.23 Å². The zero-order valence-electron chi connectivity index (χ0n) is 6.82. The van der Waals surface area contributed by atoms with Crippen LogP contribution in [0.2, 0.25) is 0 Å². The Bertz CT molecular complexity index is 91.4. The van der Waals surface area contributed by atoms with E-state index in [2.05, 4.69) is 12.2 Å². The van der Waals surface area contributed by atoms with Gasteiger partial charge in [0.1, 0.15) is 0 Å². The van der Waals surface area contributed by atoms with E-state index in [1.165, 1.54) is 38.5 Å². The smallest absolute Gasteiger partial charge is 0.178 e. The first-order valence-electron chi connectivity index (χ1n) is 4.31. The van der Waals surface area contributed by atoms with Crippen LogP contribution in [0.5, 0.6) is 0 Å². The molecule has 56 valence electrons. The number of nitrogens with one attached hydrogen (secondary N) is 1. The van der Waals surface area contributed by atoms with Crippen LogP contribution in [-0.2, 0) is 0 Å². The molecular formula is C8H16BN. The average molecular weight is 137 g/mol. The number of hydrogen-bond acceptors (Lipinski definition) is 1. The lowest BCUT2D eigenvalue weighted by atomic mass is 9.79. The molecule has 0 aromatic rings. The van der Waals surface area contributed by atoms with Gasteiger partial charge in [-0.15, -0.1) is 0 Å². The molecule has 2 heteroatoms. The van der Waals surface area contributed by atoms with Gasteiger partial charge in [0.05, 0.1) is 0 Å². The minimum Gasteiger partial charge on any atom is -0.361 e. The van der Waals surface area contributed by atoms with Crippen LogP contribution in [0.25, 0.3) is 0 Å². The highest BCUT2D eigenvalue weighted by Gasteiger charge is 2.26. The Balaban J connectivity index is 2.44. The molecule has 1 saturated carbocycles. The number of hydrogen-bond donors (Lipinski definition) is 1. The summed E-state index contributed by atoms with van der Waals surface area (Å²) in [5, 5.41) is 2.97. The summed E-state index contributed by atoms with van der Waals surface area (Å²) in [6.07, 6.45) is 7.78. The monoisotopic (exact) mass is 137 g/mol. The van der Waals surface area contributed by atoms with Gasteiger partial charge in [0.15, 0.2) is 7.98 Å². The molecule has 10 heavy (non-hydrogen) atoms. The third kappa shape index (κ3) is 1.54. The summed E-state index contributed by atoms with van der Waals surface area (Å²) in [7, 11) is 5.50. The minimum atomic E-state index is 0.290. The van der Waals surface area contributed by atoms with Crippen molar-refractivity contribution in [3.05, 3.63) is 0 Å². The predicted octanol–water partition coefficient (Wildman–Crippen LogP) is 1.77. The van der Waals surface area contributed by atoms with Gasteiger partial charge in [-0.3, -0.25) is 0 Å². The van der Waals surface area contributed by atoms with E-state index in [9.17, 15) is 0 Å². The van der Waals surface area contributed by atoms with Gasteiger partial charge in [0.25, 0.3) is 0 Å². The molecule has 1 fully saturated rings. The van der Waals surface area contributed by atoms with Crippen LogP contribution in [0, 0.1) is 0 Å². The molecule has 1 nitrogen and oxygen atoms in total. The molecule has 0 aliphatic heterocycles. The second-order valence-electron chi connectivity index (χ2n) is 3.34. The maximum absolute atomic E-state index is 5.50. The lowest BCUT2D eigenvalue weighted by Crippen LogP contribution is -2.44. The van der Waals surface area contributed by atoms with Gasteiger partial charge in [0.2, 0.25) is 0 Å². The van der Waals surface area contributed by atoms with Crippen molar-refractivity contribution in [2.75, 3.05) is 0 Å². The van der Waals surface area contributed by atoms with Crippen molar-refractivity contribution >= 4 is 7.98 Å². The highest BCUT2D eigenvalue weighted by atomic mass is 14.9. The van der Waals surface area contributed by atoms with Gasteiger partial charge in [-0.2, -0.15) is 0 Å². The van der Waals surface area contributed by atoms with Crippen LogP contribution >= 0.6 is 0 Å². The molecule has 1 N–H and O–H groups in total. The molecular weight excluding hydrogens is 121 g/mol. The van der Waals surface area contributed by atoms with E-state index in [1.807, 2.05) is 0 Å². The van der Waals surface area contributed by atoms with E-state index in [4.69, 9.17) is 7.98 Å². The third-order valence-corrected chi connectivity index (χ3v) is 2.79. The number of rotatable bonds is 2. The molecule has 0 aromatic heterocycles. The second-order valence-corrected chi connectivity index (χ2v) is 3.34. The van der Waals surface area contributed by atoms with Crippen LogP contribution in [0.15, 0.2) is 0 Å². The van der Waals surface area contributed by atoms with Crippen LogP contribution < -0.4 is 5.23 Å². The Morgan fingerprint density at radius 1 is 1.30 bits per heavy atom. The Morgan fingerprint density at radius 3 is 2.20 bits per heavy atom. The summed E-state index contributed by atoms with van der Waals surface area (Å²) in [4.78, 5) is 0. The highest BCUT2D eigenvalue weighted by Crippen LogP contribution is 2.29. The fourth-order valence-corrected chi connectivity index (χ4v) is 1.83. The molecule has 1 aliphatic rings. The van der Waals surface area contributed by atoms with E-state index >= 15 is 0 Å². The normalized spacial score (nSPS) is 24.5. The maximum Gasteiger partial charge on any atom is 0.178 e. The van der Waals surface area contributed by atoms with E-state index < -0.39 is 0 Å². The van der Waals surface area contributed by atoms with Crippen molar-refractivity contribution in [2.24, 2.45) is 0 Å². The first kappa shape index (κ1) is 8.12. The van der Waals surface area contributed by atoms with Crippen LogP contribution in [-0.4, -0.2) is 13.5 Å². The molecule has 0 amide bonds. The van der Waals surface area contributed by atoms with Crippen molar-refractivity contribution in [2.45, 2.75) is 51.0 Å². The quantitative estimate of drug-likeness (QED) is 0.572.